The molecule has 1 aliphatic rings. The van der Waals surface area contributed by atoms with Crippen molar-refractivity contribution in [2.75, 3.05) is 13.2 Å². The first-order valence-electron chi connectivity index (χ1n) is 7.64. The molecule has 128 valence electrons. The lowest BCUT2D eigenvalue weighted by Gasteiger charge is -2.11. The van der Waals surface area contributed by atoms with Gasteiger partial charge in [0.2, 0.25) is 0 Å². The van der Waals surface area contributed by atoms with Gasteiger partial charge in [-0.15, -0.1) is 0 Å². The van der Waals surface area contributed by atoms with Crippen LogP contribution in [0.15, 0.2) is 53.4 Å². The molecular formula is C18H19FO4S. The van der Waals surface area contributed by atoms with E-state index in [4.69, 9.17) is 0 Å². The Labute approximate surface area is 140 Å². The maximum absolute atomic E-state index is 13.1. The van der Waals surface area contributed by atoms with E-state index in [1.807, 2.05) is 6.92 Å². The van der Waals surface area contributed by atoms with Crippen LogP contribution in [0.4, 0.5) is 4.39 Å². The molecule has 2 N–H and O–H groups in total. The number of halogens is 1. The van der Waals surface area contributed by atoms with Crippen molar-refractivity contribution in [1.29, 1.82) is 0 Å². The normalized spacial score (nSPS) is 22.3. The highest BCUT2D eigenvalue weighted by Crippen LogP contribution is 2.63. The topological polar surface area (TPSA) is 74.6 Å². The molecule has 1 aliphatic carbocycles. The predicted octanol–water partition coefficient (Wildman–Crippen LogP) is 2.04. The molecule has 2 aromatic carbocycles. The van der Waals surface area contributed by atoms with Crippen molar-refractivity contribution in [3.8, 4) is 0 Å². The lowest BCUT2D eigenvalue weighted by Crippen LogP contribution is -2.23. The second kappa shape index (κ2) is 5.95. The van der Waals surface area contributed by atoms with Crippen molar-refractivity contribution in [2.24, 2.45) is 5.41 Å². The second-order valence-electron chi connectivity index (χ2n) is 6.36. The highest BCUT2D eigenvalue weighted by Gasteiger charge is 2.70. The minimum absolute atomic E-state index is 0.161. The molecule has 2 aromatic rings. The van der Waals surface area contributed by atoms with Crippen LogP contribution in [0.25, 0.3) is 0 Å². The van der Waals surface area contributed by atoms with Gasteiger partial charge in [-0.2, -0.15) is 0 Å². The summed E-state index contributed by atoms with van der Waals surface area (Å²) in [5, 5.41) is 18.6. The van der Waals surface area contributed by atoms with Gasteiger partial charge in [0, 0.05) is 11.3 Å². The van der Waals surface area contributed by atoms with E-state index >= 15 is 0 Å². The van der Waals surface area contributed by atoms with Crippen LogP contribution in [-0.2, 0) is 9.84 Å². The maximum Gasteiger partial charge on any atom is 0.182 e. The van der Waals surface area contributed by atoms with E-state index in [9.17, 15) is 23.0 Å². The van der Waals surface area contributed by atoms with Gasteiger partial charge in [0.05, 0.1) is 23.4 Å². The van der Waals surface area contributed by atoms with E-state index in [0.717, 1.165) is 5.56 Å². The number of rotatable bonds is 5. The van der Waals surface area contributed by atoms with Crippen LogP contribution >= 0.6 is 0 Å². The summed E-state index contributed by atoms with van der Waals surface area (Å²) in [6.07, 6.45) is 0. The van der Waals surface area contributed by atoms with E-state index in [-0.39, 0.29) is 4.90 Å². The number of aliphatic hydroxyl groups is 2. The highest BCUT2D eigenvalue weighted by atomic mass is 32.2. The quantitative estimate of drug-likeness (QED) is 0.865. The summed E-state index contributed by atoms with van der Waals surface area (Å²) in [5.41, 5.74) is 0.386. The van der Waals surface area contributed by atoms with E-state index < -0.39 is 45.5 Å². The predicted molar refractivity (Wildman–Crippen MR) is 87.9 cm³/mol. The van der Waals surface area contributed by atoms with Gasteiger partial charge in [0.1, 0.15) is 5.82 Å². The Balaban J connectivity index is 2.04. The fraction of sp³-hybridized carbons (Fsp3) is 0.333. The molecule has 0 saturated heterocycles. The average Bonchev–Trinajstić information content (AvgIpc) is 3.26. The molecule has 0 aromatic heterocycles. The zero-order chi connectivity index (χ0) is 17.5. The van der Waals surface area contributed by atoms with Gasteiger partial charge in [0.15, 0.2) is 9.84 Å². The number of hydrogen-bond acceptors (Lipinski definition) is 4. The van der Waals surface area contributed by atoms with Gasteiger partial charge < -0.3 is 10.2 Å². The zero-order valence-corrected chi connectivity index (χ0v) is 14.0. The number of benzene rings is 2. The van der Waals surface area contributed by atoms with Crippen molar-refractivity contribution >= 4 is 9.84 Å². The third-order valence-electron chi connectivity index (χ3n) is 4.88. The van der Waals surface area contributed by atoms with Crippen molar-refractivity contribution in [1.82, 2.24) is 0 Å². The molecule has 3 rings (SSSR count). The Morgan fingerprint density at radius 1 is 1.00 bits per heavy atom. The maximum atomic E-state index is 13.1. The molecule has 0 radical (unpaired) electrons. The van der Waals surface area contributed by atoms with E-state index in [2.05, 4.69) is 0 Å². The first-order chi connectivity index (χ1) is 11.4. The van der Waals surface area contributed by atoms with Crippen molar-refractivity contribution in [2.45, 2.75) is 23.0 Å². The standard InChI is InChI=1S/C18H19FO4S/c1-12-2-8-15(9-3-12)24(22,23)17-16(18(17,10-20)11-21)13-4-6-14(19)7-5-13/h2-9,16-17,20-21H,10-11H2,1H3/t16-,17-/m1/s1. The molecular weight excluding hydrogens is 331 g/mol. The van der Waals surface area contributed by atoms with Gasteiger partial charge in [-0.1, -0.05) is 29.8 Å². The lowest BCUT2D eigenvalue weighted by molar-refractivity contribution is 0.130. The molecule has 6 heteroatoms. The van der Waals surface area contributed by atoms with E-state index in [0.29, 0.717) is 5.56 Å². The Kier molecular flexibility index (Phi) is 4.23. The molecule has 4 nitrogen and oxygen atoms in total. The third-order valence-corrected chi connectivity index (χ3v) is 7.22. The molecule has 0 spiro atoms. The van der Waals surface area contributed by atoms with Crippen molar-refractivity contribution in [3.05, 3.63) is 65.5 Å². The second-order valence-corrected chi connectivity index (χ2v) is 8.43. The van der Waals surface area contributed by atoms with Gasteiger partial charge in [-0.3, -0.25) is 0 Å². The summed E-state index contributed by atoms with van der Waals surface area (Å²) in [5.74, 6) is -0.990. The van der Waals surface area contributed by atoms with Crippen molar-refractivity contribution < 1.29 is 23.0 Å². The Morgan fingerprint density at radius 3 is 2.04 bits per heavy atom. The first kappa shape index (κ1) is 17.1. The average molecular weight is 350 g/mol. The molecule has 1 fully saturated rings. The first-order valence-corrected chi connectivity index (χ1v) is 9.19. The van der Waals surface area contributed by atoms with Crippen LogP contribution in [0.5, 0.6) is 0 Å². The summed E-state index contributed by atoms with van der Waals surface area (Å²) >= 11 is 0. The summed E-state index contributed by atoms with van der Waals surface area (Å²) < 4.78 is 39.1. The zero-order valence-electron chi connectivity index (χ0n) is 13.2. The van der Waals surface area contributed by atoms with Crippen LogP contribution in [0, 0.1) is 18.2 Å². The summed E-state index contributed by atoms with van der Waals surface area (Å²) in [6.45, 7) is 0.948. The lowest BCUT2D eigenvalue weighted by atomic mass is 10.0. The van der Waals surface area contributed by atoms with Crippen molar-refractivity contribution in [3.63, 3.8) is 0 Å². The fourth-order valence-electron chi connectivity index (χ4n) is 3.42. The molecule has 0 aliphatic heterocycles. The molecule has 2 atom stereocenters. The summed E-state index contributed by atoms with van der Waals surface area (Å²) in [6, 6.07) is 12.0. The van der Waals surface area contributed by atoms with Crippen LogP contribution < -0.4 is 0 Å². The van der Waals surface area contributed by atoms with E-state index in [1.165, 1.54) is 36.4 Å². The van der Waals surface area contributed by atoms with Crippen LogP contribution in [0.1, 0.15) is 17.0 Å². The Morgan fingerprint density at radius 2 is 1.54 bits per heavy atom. The molecule has 0 bridgehead atoms. The molecule has 0 unspecified atom stereocenters. The molecule has 1 saturated carbocycles. The number of sulfone groups is 1. The van der Waals surface area contributed by atoms with Gasteiger partial charge in [0.25, 0.3) is 0 Å². The minimum Gasteiger partial charge on any atom is -0.396 e. The highest BCUT2D eigenvalue weighted by molar-refractivity contribution is 7.92. The van der Waals surface area contributed by atoms with Gasteiger partial charge in [-0.05, 0) is 36.8 Å². The van der Waals surface area contributed by atoms with Crippen LogP contribution in [-0.4, -0.2) is 37.1 Å². The smallest absolute Gasteiger partial charge is 0.182 e. The third kappa shape index (κ3) is 2.55. The largest absolute Gasteiger partial charge is 0.396 e. The minimum atomic E-state index is -3.74. The van der Waals surface area contributed by atoms with E-state index in [1.54, 1.807) is 12.1 Å². The fourth-order valence-corrected chi connectivity index (χ4v) is 5.85. The SMILES string of the molecule is Cc1ccc(S(=O)(=O)[C@@H]2[C@@H](c3ccc(F)cc3)C2(CO)CO)cc1. The van der Waals surface area contributed by atoms with Gasteiger partial charge >= 0.3 is 0 Å². The van der Waals surface area contributed by atoms with Gasteiger partial charge in [-0.25, -0.2) is 12.8 Å². The monoisotopic (exact) mass is 350 g/mol. The number of aliphatic hydroxyl groups excluding tert-OH is 2. The molecule has 24 heavy (non-hydrogen) atoms. The number of aryl methyl sites for hydroxylation is 1. The Bertz CT molecular complexity index is 824. The molecule has 0 amide bonds. The van der Waals surface area contributed by atoms with Crippen LogP contribution in [0.2, 0.25) is 0 Å². The summed E-state index contributed by atoms with van der Waals surface area (Å²) in [4.78, 5) is 0.161. The number of hydrogen-bond donors (Lipinski definition) is 2. The van der Waals surface area contributed by atoms with Crippen LogP contribution in [0.3, 0.4) is 0 Å². The molecule has 0 heterocycles. The Hall–Kier alpha value is -1.76. The summed E-state index contributed by atoms with van der Waals surface area (Å²) in [7, 11) is -3.74.